The summed E-state index contributed by atoms with van der Waals surface area (Å²) in [5, 5.41) is 7.39. The second-order valence-corrected chi connectivity index (χ2v) is 7.83. The van der Waals surface area contributed by atoms with Gasteiger partial charge in [-0.2, -0.15) is 5.10 Å². The van der Waals surface area contributed by atoms with E-state index in [1.54, 1.807) is 16.9 Å². The first-order valence-corrected chi connectivity index (χ1v) is 10.2. The standard InChI is InChI=1S/C24H23N5O/c1-17-12-14-28(16-17)20-9-7-19(8-10-20)27-24(30)21-15-26-29-22(11-13-25-23(21)29)18-5-3-2-4-6-18/h2-11,13,15,17H,12,14,16H2,1H3,(H,27,30). The van der Waals surface area contributed by atoms with Crippen LogP contribution in [0.3, 0.4) is 0 Å². The van der Waals surface area contributed by atoms with Crippen LogP contribution in [-0.2, 0) is 0 Å². The monoisotopic (exact) mass is 397 g/mol. The van der Waals surface area contributed by atoms with Gasteiger partial charge in [-0.25, -0.2) is 9.50 Å². The van der Waals surface area contributed by atoms with Gasteiger partial charge in [0, 0.05) is 36.2 Å². The second kappa shape index (κ2) is 7.63. The molecule has 1 unspecified atom stereocenters. The van der Waals surface area contributed by atoms with Gasteiger partial charge in [0.15, 0.2) is 5.65 Å². The van der Waals surface area contributed by atoms with Gasteiger partial charge in [-0.15, -0.1) is 0 Å². The van der Waals surface area contributed by atoms with Crippen LogP contribution in [0.5, 0.6) is 0 Å². The number of nitrogens with one attached hydrogen (secondary N) is 1. The van der Waals surface area contributed by atoms with Crippen molar-refractivity contribution in [1.29, 1.82) is 0 Å². The zero-order valence-electron chi connectivity index (χ0n) is 16.8. The summed E-state index contributed by atoms with van der Waals surface area (Å²) in [6, 6.07) is 19.9. The van der Waals surface area contributed by atoms with E-state index < -0.39 is 0 Å². The molecule has 0 radical (unpaired) electrons. The molecule has 6 heteroatoms. The van der Waals surface area contributed by atoms with E-state index in [1.807, 2.05) is 48.5 Å². The van der Waals surface area contributed by atoms with Crippen LogP contribution in [0, 0.1) is 5.92 Å². The molecule has 1 amide bonds. The largest absolute Gasteiger partial charge is 0.371 e. The van der Waals surface area contributed by atoms with Crippen molar-refractivity contribution in [2.24, 2.45) is 5.92 Å². The van der Waals surface area contributed by atoms with Crippen LogP contribution in [-0.4, -0.2) is 33.6 Å². The fourth-order valence-corrected chi connectivity index (χ4v) is 4.00. The maximum atomic E-state index is 12.9. The highest BCUT2D eigenvalue weighted by Crippen LogP contribution is 2.25. The lowest BCUT2D eigenvalue weighted by atomic mass is 10.1. The van der Waals surface area contributed by atoms with Gasteiger partial charge >= 0.3 is 0 Å². The molecule has 5 rings (SSSR count). The number of nitrogens with zero attached hydrogens (tertiary/aromatic N) is 4. The molecule has 4 aromatic rings. The number of aromatic nitrogens is 3. The summed E-state index contributed by atoms with van der Waals surface area (Å²) in [6.45, 7) is 4.45. The Morgan fingerprint density at radius 2 is 1.87 bits per heavy atom. The first kappa shape index (κ1) is 18.4. The summed E-state index contributed by atoms with van der Waals surface area (Å²) < 4.78 is 1.71. The molecule has 0 bridgehead atoms. The Labute approximate surface area is 175 Å². The lowest BCUT2D eigenvalue weighted by Gasteiger charge is -2.18. The maximum Gasteiger partial charge on any atom is 0.261 e. The average molecular weight is 397 g/mol. The van der Waals surface area contributed by atoms with E-state index in [1.165, 1.54) is 12.1 Å². The van der Waals surface area contributed by atoms with Crippen molar-refractivity contribution >= 4 is 22.9 Å². The Morgan fingerprint density at radius 1 is 1.07 bits per heavy atom. The van der Waals surface area contributed by atoms with Crippen LogP contribution in [0.25, 0.3) is 16.9 Å². The van der Waals surface area contributed by atoms with Gasteiger partial charge in [0.2, 0.25) is 0 Å². The van der Waals surface area contributed by atoms with Crippen LogP contribution >= 0.6 is 0 Å². The number of fused-ring (bicyclic) bond motifs is 1. The SMILES string of the molecule is CC1CCN(c2ccc(NC(=O)c3cnn4c(-c5ccccc5)ccnc34)cc2)C1. The van der Waals surface area contributed by atoms with Crippen molar-refractivity contribution in [2.75, 3.05) is 23.3 Å². The van der Waals surface area contributed by atoms with Gasteiger partial charge in [-0.05, 0) is 42.7 Å². The second-order valence-electron chi connectivity index (χ2n) is 7.83. The minimum absolute atomic E-state index is 0.217. The van der Waals surface area contributed by atoms with Crippen molar-refractivity contribution in [3.63, 3.8) is 0 Å². The Kier molecular flexibility index (Phi) is 4.67. The minimum Gasteiger partial charge on any atom is -0.371 e. The normalized spacial score (nSPS) is 16.2. The summed E-state index contributed by atoms with van der Waals surface area (Å²) in [4.78, 5) is 19.7. The fraction of sp³-hybridized carbons (Fsp3) is 0.208. The molecule has 1 atom stereocenters. The van der Waals surface area contributed by atoms with Gasteiger partial charge in [-0.3, -0.25) is 4.79 Å². The highest BCUT2D eigenvalue weighted by molar-refractivity contribution is 6.08. The Bertz CT molecular complexity index is 1180. The quantitative estimate of drug-likeness (QED) is 0.551. The van der Waals surface area contributed by atoms with Gasteiger partial charge in [0.05, 0.1) is 11.9 Å². The molecule has 1 N–H and O–H groups in total. The molecule has 0 saturated carbocycles. The van der Waals surface area contributed by atoms with Crippen LogP contribution in [0.1, 0.15) is 23.7 Å². The topological polar surface area (TPSA) is 62.5 Å². The first-order chi connectivity index (χ1) is 14.7. The van der Waals surface area contributed by atoms with E-state index in [2.05, 4.69) is 39.4 Å². The van der Waals surface area contributed by atoms with Crippen molar-refractivity contribution in [2.45, 2.75) is 13.3 Å². The third-order valence-electron chi connectivity index (χ3n) is 5.63. The van der Waals surface area contributed by atoms with Gasteiger partial charge in [0.1, 0.15) is 5.56 Å². The van der Waals surface area contributed by atoms with E-state index in [4.69, 9.17) is 0 Å². The van der Waals surface area contributed by atoms with Gasteiger partial charge in [0.25, 0.3) is 5.91 Å². The number of anilines is 2. The van der Waals surface area contributed by atoms with Crippen LogP contribution in [0.15, 0.2) is 73.1 Å². The van der Waals surface area contributed by atoms with Crippen molar-refractivity contribution in [3.8, 4) is 11.3 Å². The van der Waals surface area contributed by atoms with Crippen LogP contribution in [0.2, 0.25) is 0 Å². The van der Waals surface area contributed by atoms with Crippen molar-refractivity contribution in [3.05, 3.63) is 78.6 Å². The van der Waals surface area contributed by atoms with Crippen molar-refractivity contribution in [1.82, 2.24) is 14.6 Å². The molecule has 2 aromatic heterocycles. The summed E-state index contributed by atoms with van der Waals surface area (Å²) >= 11 is 0. The smallest absolute Gasteiger partial charge is 0.261 e. The molecule has 30 heavy (non-hydrogen) atoms. The van der Waals surface area contributed by atoms with Crippen LogP contribution < -0.4 is 10.2 Å². The number of rotatable bonds is 4. The number of hydrogen-bond acceptors (Lipinski definition) is 4. The molecular formula is C24H23N5O. The zero-order valence-corrected chi connectivity index (χ0v) is 16.8. The average Bonchev–Trinajstić information content (AvgIpc) is 3.41. The predicted molar refractivity (Wildman–Crippen MR) is 119 cm³/mol. The highest BCUT2D eigenvalue weighted by Gasteiger charge is 2.19. The molecule has 0 spiro atoms. The van der Waals surface area contributed by atoms with E-state index in [0.717, 1.165) is 36.0 Å². The third-order valence-corrected chi connectivity index (χ3v) is 5.63. The molecule has 1 fully saturated rings. The highest BCUT2D eigenvalue weighted by atomic mass is 16.1. The van der Waals surface area contributed by atoms with E-state index in [0.29, 0.717) is 11.2 Å². The lowest BCUT2D eigenvalue weighted by molar-refractivity contribution is 0.102. The molecule has 1 aliphatic heterocycles. The zero-order chi connectivity index (χ0) is 20.5. The third kappa shape index (κ3) is 3.41. The molecule has 0 aliphatic carbocycles. The number of benzene rings is 2. The molecule has 1 aliphatic rings. The molecule has 1 saturated heterocycles. The predicted octanol–water partition coefficient (Wildman–Crippen LogP) is 4.49. The van der Waals surface area contributed by atoms with Gasteiger partial charge < -0.3 is 10.2 Å². The summed E-state index contributed by atoms with van der Waals surface area (Å²) in [5.74, 6) is 0.513. The Hall–Kier alpha value is -3.67. The maximum absolute atomic E-state index is 12.9. The van der Waals surface area contributed by atoms with E-state index >= 15 is 0 Å². The van der Waals surface area contributed by atoms with E-state index in [9.17, 15) is 4.79 Å². The lowest BCUT2D eigenvalue weighted by Crippen LogP contribution is -2.19. The number of hydrogen-bond donors (Lipinski definition) is 1. The summed E-state index contributed by atoms with van der Waals surface area (Å²) in [6.07, 6.45) is 4.51. The fourth-order valence-electron chi connectivity index (χ4n) is 4.00. The van der Waals surface area contributed by atoms with Crippen LogP contribution in [0.4, 0.5) is 11.4 Å². The molecule has 150 valence electrons. The van der Waals surface area contributed by atoms with E-state index in [-0.39, 0.29) is 5.91 Å². The molecule has 2 aromatic carbocycles. The Morgan fingerprint density at radius 3 is 2.60 bits per heavy atom. The Balaban J connectivity index is 1.38. The van der Waals surface area contributed by atoms with Crippen molar-refractivity contribution < 1.29 is 4.79 Å². The first-order valence-electron chi connectivity index (χ1n) is 10.2. The number of amides is 1. The molecular weight excluding hydrogens is 374 g/mol. The number of carbonyl (C=O) groups excluding carboxylic acids is 1. The number of carbonyl (C=O) groups is 1. The summed E-state index contributed by atoms with van der Waals surface area (Å²) in [7, 11) is 0. The minimum atomic E-state index is -0.217. The summed E-state index contributed by atoms with van der Waals surface area (Å²) in [5.41, 5.74) is 4.86. The van der Waals surface area contributed by atoms with Gasteiger partial charge in [-0.1, -0.05) is 37.3 Å². The molecule has 6 nitrogen and oxygen atoms in total. The molecule has 3 heterocycles.